The summed E-state index contributed by atoms with van der Waals surface area (Å²) in [5, 5.41) is 3.97. The average Bonchev–Trinajstić information content (AvgIpc) is 2.74. The highest BCUT2D eigenvalue weighted by molar-refractivity contribution is 6.02. The van der Waals surface area contributed by atoms with Crippen LogP contribution in [-0.2, 0) is 9.59 Å². The summed E-state index contributed by atoms with van der Waals surface area (Å²) in [5.41, 5.74) is 3.74. The lowest BCUT2D eigenvalue weighted by atomic mass is 10.2. The van der Waals surface area contributed by atoms with Crippen LogP contribution in [-0.4, -0.2) is 44.9 Å². The fourth-order valence-electron chi connectivity index (χ4n) is 2.78. The van der Waals surface area contributed by atoms with Gasteiger partial charge < -0.3 is 14.2 Å². The van der Waals surface area contributed by atoms with Crippen molar-refractivity contribution in [2.75, 3.05) is 31.8 Å². The number of hydrazone groups is 1. The highest BCUT2D eigenvalue weighted by Crippen LogP contribution is 2.31. The summed E-state index contributed by atoms with van der Waals surface area (Å²) < 4.78 is 16.3. The number of nitrogens with one attached hydrogen (secondary N) is 1. The summed E-state index contributed by atoms with van der Waals surface area (Å²) in [4.78, 5) is 25.8. The number of methoxy groups -OCH3 is 1. The maximum absolute atomic E-state index is 12.2. The monoisotopic (exact) mass is 397 g/mol. The number of hydrogen-bond donors (Lipinski definition) is 1. The molecule has 0 radical (unpaired) electrons. The van der Waals surface area contributed by atoms with Crippen LogP contribution in [0.3, 0.4) is 0 Å². The van der Waals surface area contributed by atoms with Crippen molar-refractivity contribution < 1.29 is 23.8 Å². The molecule has 1 heterocycles. The zero-order valence-electron chi connectivity index (χ0n) is 16.4. The van der Waals surface area contributed by atoms with Crippen LogP contribution in [0.1, 0.15) is 18.9 Å². The van der Waals surface area contributed by atoms with E-state index in [1.54, 1.807) is 37.4 Å². The topological polar surface area (TPSA) is 89.5 Å². The third-order valence-corrected chi connectivity index (χ3v) is 4.16. The molecule has 2 amide bonds. The highest BCUT2D eigenvalue weighted by atomic mass is 16.5. The second kappa shape index (κ2) is 9.59. The Balaban J connectivity index is 1.61. The molecule has 0 atom stereocenters. The maximum Gasteiger partial charge on any atom is 0.265 e. The van der Waals surface area contributed by atoms with E-state index in [-0.39, 0.29) is 19.1 Å². The molecule has 2 aromatic carbocycles. The predicted octanol–water partition coefficient (Wildman–Crippen LogP) is 2.36. The quantitative estimate of drug-likeness (QED) is 0.546. The second-order valence-electron chi connectivity index (χ2n) is 6.29. The van der Waals surface area contributed by atoms with Crippen molar-refractivity contribution in [3.05, 3.63) is 48.0 Å². The first kappa shape index (κ1) is 20.2. The van der Waals surface area contributed by atoms with E-state index in [1.807, 2.05) is 19.1 Å². The van der Waals surface area contributed by atoms with Gasteiger partial charge >= 0.3 is 0 Å². The number of anilines is 1. The molecule has 0 saturated heterocycles. The highest BCUT2D eigenvalue weighted by Gasteiger charge is 2.26. The number of benzene rings is 2. The van der Waals surface area contributed by atoms with Crippen LogP contribution < -0.4 is 24.5 Å². The lowest BCUT2D eigenvalue weighted by molar-refractivity contribution is -0.125. The Morgan fingerprint density at radius 2 is 2.10 bits per heavy atom. The fourth-order valence-corrected chi connectivity index (χ4v) is 2.78. The Bertz CT molecular complexity index is 913. The molecule has 0 bridgehead atoms. The first-order valence-electron chi connectivity index (χ1n) is 9.27. The smallest absolute Gasteiger partial charge is 0.265 e. The van der Waals surface area contributed by atoms with Gasteiger partial charge in [0.15, 0.2) is 18.1 Å². The molecule has 1 aliphatic rings. The number of rotatable bonds is 8. The molecule has 0 fully saturated rings. The number of hydrogen-bond acceptors (Lipinski definition) is 6. The lowest BCUT2D eigenvalue weighted by Crippen LogP contribution is -2.44. The Labute approximate surface area is 169 Å². The van der Waals surface area contributed by atoms with Crippen LogP contribution in [0, 0.1) is 0 Å². The van der Waals surface area contributed by atoms with E-state index in [2.05, 4.69) is 10.5 Å². The van der Waals surface area contributed by atoms with Gasteiger partial charge in [0, 0.05) is 0 Å². The number of amides is 2. The van der Waals surface area contributed by atoms with Gasteiger partial charge in [-0.2, -0.15) is 5.10 Å². The predicted molar refractivity (Wildman–Crippen MR) is 109 cm³/mol. The van der Waals surface area contributed by atoms with Crippen molar-refractivity contribution in [1.29, 1.82) is 0 Å². The summed E-state index contributed by atoms with van der Waals surface area (Å²) in [6.07, 6.45) is 2.40. The van der Waals surface area contributed by atoms with Crippen LogP contribution in [0.15, 0.2) is 47.6 Å². The van der Waals surface area contributed by atoms with Crippen molar-refractivity contribution in [2.45, 2.75) is 13.3 Å². The SMILES string of the molecule is CCCOc1ccc(/C=N\NC(=O)CN2C(=O)COc3ccccc32)cc1OC. The third-order valence-electron chi connectivity index (χ3n) is 4.16. The van der Waals surface area contributed by atoms with Gasteiger partial charge in [0.1, 0.15) is 12.3 Å². The van der Waals surface area contributed by atoms with Crippen LogP contribution >= 0.6 is 0 Å². The summed E-state index contributed by atoms with van der Waals surface area (Å²) in [6, 6.07) is 12.5. The molecule has 29 heavy (non-hydrogen) atoms. The van der Waals surface area contributed by atoms with E-state index < -0.39 is 5.91 Å². The van der Waals surface area contributed by atoms with Gasteiger partial charge in [-0.05, 0) is 42.3 Å². The Hall–Kier alpha value is -3.55. The van der Waals surface area contributed by atoms with E-state index in [1.165, 1.54) is 11.1 Å². The number of para-hydroxylation sites is 2. The van der Waals surface area contributed by atoms with Crippen LogP contribution in [0.2, 0.25) is 0 Å². The van der Waals surface area contributed by atoms with Gasteiger partial charge in [0.05, 0.1) is 25.6 Å². The molecular formula is C21H23N3O5. The number of nitrogens with zero attached hydrogens (tertiary/aromatic N) is 2. The van der Waals surface area contributed by atoms with Crippen molar-refractivity contribution in [3.63, 3.8) is 0 Å². The standard InChI is InChI=1S/C21H23N3O5/c1-3-10-28-18-9-8-15(11-19(18)27-2)12-22-23-20(25)13-24-16-6-4-5-7-17(16)29-14-21(24)26/h4-9,11-12H,3,10,13-14H2,1-2H3,(H,23,25)/b22-12-. The molecule has 0 spiro atoms. The number of carbonyl (C=O) groups is 2. The van der Waals surface area contributed by atoms with Crippen LogP contribution in [0.5, 0.6) is 17.2 Å². The summed E-state index contributed by atoms with van der Waals surface area (Å²) >= 11 is 0. The minimum Gasteiger partial charge on any atom is -0.493 e. The van der Waals surface area contributed by atoms with E-state index in [4.69, 9.17) is 14.2 Å². The fraction of sp³-hybridized carbons (Fsp3) is 0.286. The Morgan fingerprint density at radius 1 is 1.28 bits per heavy atom. The Kier molecular flexibility index (Phi) is 6.67. The van der Waals surface area contributed by atoms with Crippen LogP contribution in [0.25, 0.3) is 0 Å². The number of fused-ring (bicyclic) bond motifs is 1. The van der Waals surface area contributed by atoms with Crippen molar-refractivity contribution >= 4 is 23.7 Å². The normalized spacial score (nSPS) is 13.0. The molecule has 0 aliphatic carbocycles. The molecule has 0 saturated carbocycles. The molecule has 8 heteroatoms. The molecule has 152 valence electrons. The van der Waals surface area contributed by atoms with E-state index in [9.17, 15) is 9.59 Å². The van der Waals surface area contributed by atoms with Gasteiger partial charge in [0.2, 0.25) is 0 Å². The summed E-state index contributed by atoms with van der Waals surface area (Å²) in [7, 11) is 1.56. The maximum atomic E-state index is 12.2. The van der Waals surface area contributed by atoms with Gasteiger partial charge in [-0.3, -0.25) is 14.5 Å². The van der Waals surface area contributed by atoms with Gasteiger partial charge in [-0.25, -0.2) is 5.43 Å². The van der Waals surface area contributed by atoms with E-state index >= 15 is 0 Å². The third kappa shape index (κ3) is 5.04. The summed E-state index contributed by atoms with van der Waals surface area (Å²) in [6.45, 7) is 2.38. The molecule has 1 aliphatic heterocycles. The number of carbonyl (C=O) groups excluding carboxylic acids is 2. The molecule has 0 aromatic heterocycles. The molecular weight excluding hydrogens is 374 g/mol. The van der Waals surface area contributed by atoms with Crippen molar-refractivity contribution in [2.24, 2.45) is 5.10 Å². The molecule has 2 aromatic rings. The first-order valence-corrected chi connectivity index (χ1v) is 9.27. The van der Waals surface area contributed by atoms with Gasteiger partial charge in [-0.15, -0.1) is 0 Å². The molecule has 3 rings (SSSR count). The van der Waals surface area contributed by atoms with Gasteiger partial charge in [0.25, 0.3) is 11.8 Å². The Morgan fingerprint density at radius 3 is 2.90 bits per heavy atom. The largest absolute Gasteiger partial charge is 0.493 e. The summed E-state index contributed by atoms with van der Waals surface area (Å²) in [5.74, 6) is 1.11. The number of ether oxygens (including phenoxy) is 3. The molecule has 0 unspecified atom stereocenters. The molecule has 1 N–H and O–H groups in total. The zero-order valence-corrected chi connectivity index (χ0v) is 16.4. The van der Waals surface area contributed by atoms with Crippen molar-refractivity contribution in [3.8, 4) is 17.2 Å². The lowest BCUT2D eigenvalue weighted by Gasteiger charge is -2.28. The van der Waals surface area contributed by atoms with E-state index in [0.29, 0.717) is 29.5 Å². The van der Waals surface area contributed by atoms with Crippen LogP contribution in [0.4, 0.5) is 5.69 Å². The van der Waals surface area contributed by atoms with Gasteiger partial charge in [-0.1, -0.05) is 19.1 Å². The first-order chi connectivity index (χ1) is 14.1. The average molecular weight is 397 g/mol. The minimum atomic E-state index is -0.416. The molecule has 8 nitrogen and oxygen atoms in total. The van der Waals surface area contributed by atoms with Crippen molar-refractivity contribution in [1.82, 2.24) is 5.43 Å². The minimum absolute atomic E-state index is 0.0974. The zero-order chi connectivity index (χ0) is 20.6. The van der Waals surface area contributed by atoms with E-state index in [0.717, 1.165) is 12.0 Å². The second-order valence-corrected chi connectivity index (χ2v) is 6.29.